The molecule has 3 rings (SSSR count). The third kappa shape index (κ3) is 4.60. The standard InChI is InChI=1S/C17H25N5O3/c1-13(23)19-14-4-3-7-22(12-14)17(24)20-15-5-2-6-18-16(15)21-8-10-25-11-9-21/h2,5-6,14H,3-4,7-12H2,1H3,(H,19,23)(H,20,24)/t14-/m1/s1. The number of aromatic nitrogens is 1. The number of pyridine rings is 1. The summed E-state index contributed by atoms with van der Waals surface area (Å²) >= 11 is 0. The van der Waals surface area contributed by atoms with E-state index in [1.54, 1.807) is 11.1 Å². The van der Waals surface area contributed by atoms with Crippen LogP contribution in [0.4, 0.5) is 16.3 Å². The number of ether oxygens (including phenoxy) is 1. The van der Waals surface area contributed by atoms with Gasteiger partial charge in [-0.05, 0) is 25.0 Å². The first-order chi connectivity index (χ1) is 12.1. The molecule has 0 spiro atoms. The second-order valence-electron chi connectivity index (χ2n) is 6.39. The number of carbonyl (C=O) groups is 2. The molecule has 2 N–H and O–H groups in total. The lowest BCUT2D eigenvalue weighted by atomic mass is 10.1. The van der Waals surface area contributed by atoms with Crippen molar-refractivity contribution >= 4 is 23.4 Å². The van der Waals surface area contributed by atoms with Crippen LogP contribution in [0.3, 0.4) is 0 Å². The Morgan fingerprint density at radius 1 is 1.28 bits per heavy atom. The van der Waals surface area contributed by atoms with Gasteiger partial charge >= 0.3 is 6.03 Å². The second-order valence-corrected chi connectivity index (χ2v) is 6.39. The summed E-state index contributed by atoms with van der Waals surface area (Å²) in [5.74, 6) is 0.712. The van der Waals surface area contributed by atoms with Crippen molar-refractivity contribution in [2.45, 2.75) is 25.8 Å². The number of anilines is 2. The molecule has 0 unspecified atom stereocenters. The Morgan fingerprint density at radius 3 is 2.84 bits per heavy atom. The Bertz CT molecular complexity index is 618. The van der Waals surface area contributed by atoms with Crippen LogP contribution in [0.2, 0.25) is 0 Å². The fourth-order valence-corrected chi connectivity index (χ4v) is 3.28. The van der Waals surface area contributed by atoms with E-state index in [4.69, 9.17) is 4.74 Å². The maximum Gasteiger partial charge on any atom is 0.322 e. The molecule has 3 amide bonds. The number of morpholine rings is 1. The summed E-state index contributed by atoms with van der Waals surface area (Å²) in [6.45, 7) is 5.56. The minimum absolute atomic E-state index is 0.0182. The smallest absolute Gasteiger partial charge is 0.322 e. The van der Waals surface area contributed by atoms with Crippen LogP contribution in [0.1, 0.15) is 19.8 Å². The molecule has 0 radical (unpaired) electrons. The highest BCUT2D eigenvalue weighted by atomic mass is 16.5. The first-order valence-electron chi connectivity index (χ1n) is 8.74. The number of carbonyl (C=O) groups excluding carboxylic acids is 2. The summed E-state index contributed by atoms with van der Waals surface area (Å²) in [5, 5.41) is 5.88. The maximum absolute atomic E-state index is 12.7. The van der Waals surface area contributed by atoms with Gasteiger partial charge in [0.05, 0.1) is 18.9 Å². The average Bonchev–Trinajstić information content (AvgIpc) is 2.62. The highest BCUT2D eigenvalue weighted by Crippen LogP contribution is 2.24. The molecule has 8 heteroatoms. The zero-order valence-electron chi connectivity index (χ0n) is 14.5. The van der Waals surface area contributed by atoms with Gasteiger partial charge in [0.15, 0.2) is 5.82 Å². The number of hydrogen-bond acceptors (Lipinski definition) is 5. The van der Waals surface area contributed by atoms with Crippen molar-refractivity contribution in [3.8, 4) is 0 Å². The minimum Gasteiger partial charge on any atom is -0.378 e. The molecule has 2 aliphatic rings. The molecule has 8 nitrogen and oxygen atoms in total. The van der Waals surface area contributed by atoms with Gasteiger partial charge in [0.1, 0.15) is 0 Å². The van der Waals surface area contributed by atoms with Crippen LogP contribution < -0.4 is 15.5 Å². The van der Waals surface area contributed by atoms with E-state index in [2.05, 4.69) is 20.5 Å². The summed E-state index contributed by atoms with van der Waals surface area (Å²) < 4.78 is 5.38. The van der Waals surface area contributed by atoms with E-state index in [9.17, 15) is 9.59 Å². The molecule has 1 aromatic heterocycles. The molecule has 2 fully saturated rings. The van der Waals surface area contributed by atoms with Gasteiger partial charge < -0.3 is 25.2 Å². The topological polar surface area (TPSA) is 86.8 Å². The third-order valence-corrected chi connectivity index (χ3v) is 4.45. The van der Waals surface area contributed by atoms with Gasteiger partial charge in [-0.3, -0.25) is 4.79 Å². The SMILES string of the molecule is CC(=O)N[C@@H]1CCCN(C(=O)Nc2cccnc2N2CCOCC2)C1. The van der Waals surface area contributed by atoms with Gasteiger partial charge in [0.2, 0.25) is 5.91 Å². The van der Waals surface area contributed by atoms with E-state index in [0.29, 0.717) is 32.0 Å². The fraction of sp³-hybridized carbons (Fsp3) is 0.588. The molecule has 25 heavy (non-hydrogen) atoms. The predicted octanol–water partition coefficient (Wildman–Crippen LogP) is 1.05. The molecule has 3 heterocycles. The quantitative estimate of drug-likeness (QED) is 0.853. The molecule has 2 aliphatic heterocycles. The third-order valence-electron chi connectivity index (χ3n) is 4.45. The van der Waals surface area contributed by atoms with Crippen LogP contribution in [-0.4, -0.2) is 67.3 Å². The van der Waals surface area contributed by atoms with Crippen LogP contribution in [0.25, 0.3) is 0 Å². The number of rotatable bonds is 3. The van der Waals surface area contributed by atoms with Crippen molar-refractivity contribution < 1.29 is 14.3 Å². The van der Waals surface area contributed by atoms with Crippen molar-refractivity contribution in [3.05, 3.63) is 18.3 Å². The average molecular weight is 347 g/mol. The van der Waals surface area contributed by atoms with Gasteiger partial charge in [-0.1, -0.05) is 0 Å². The normalized spacial score (nSPS) is 20.9. The number of hydrogen-bond donors (Lipinski definition) is 2. The number of urea groups is 1. The molecule has 0 saturated carbocycles. The molecular formula is C17H25N5O3. The number of nitrogens with zero attached hydrogens (tertiary/aromatic N) is 3. The lowest BCUT2D eigenvalue weighted by molar-refractivity contribution is -0.119. The first-order valence-corrected chi connectivity index (χ1v) is 8.74. The van der Waals surface area contributed by atoms with E-state index in [1.165, 1.54) is 6.92 Å². The second kappa shape index (κ2) is 8.15. The summed E-state index contributed by atoms with van der Waals surface area (Å²) in [5.41, 5.74) is 0.705. The Balaban J connectivity index is 1.65. The molecule has 136 valence electrons. The minimum atomic E-state index is -0.155. The zero-order valence-corrected chi connectivity index (χ0v) is 14.5. The lowest BCUT2D eigenvalue weighted by Crippen LogP contribution is -2.50. The summed E-state index contributed by atoms with van der Waals surface area (Å²) in [4.78, 5) is 32.2. The van der Waals surface area contributed by atoms with Crippen LogP contribution in [0, 0.1) is 0 Å². The zero-order chi connectivity index (χ0) is 17.6. The van der Waals surface area contributed by atoms with E-state index < -0.39 is 0 Å². The van der Waals surface area contributed by atoms with Crippen LogP contribution in [0.5, 0.6) is 0 Å². The molecule has 0 aliphatic carbocycles. The Morgan fingerprint density at radius 2 is 2.08 bits per heavy atom. The van der Waals surface area contributed by atoms with Crippen molar-refractivity contribution in [2.24, 2.45) is 0 Å². The first kappa shape index (κ1) is 17.5. The van der Waals surface area contributed by atoms with Gasteiger partial charge in [-0.2, -0.15) is 0 Å². The van der Waals surface area contributed by atoms with Gasteiger partial charge in [0.25, 0.3) is 0 Å². The molecule has 0 bridgehead atoms. The van der Waals surface area contributed by atoms with Crippen molar-refractivity contribution in [1.82, 2.24) is 15.2 Å². The molecule has 1 aromatic rings. The predicted molar refractivity (Wildman–Crippen MR) is 94.7 cm³/mol. The van der Waals surface area contributed by atoms with E-state index in [-0.39, 0.29) is 18.0 Å². The Labute approximate surface area is 147 Å². The van der Waals surface area contributed by atoms with E-state index in [1.807, 2.05) is 12.1 Å². The molecule has 2 saturated heterocycles. The number of nitrogens with one attached hydrogen (secondary N) is 2. The highest BCUT2D eigenvalue weighted by Gasteiger charge is 2.25. The Hall–Kier alpha value is -2.35. The van der Waals surface area contributed by atoms with Crippen molar-refractivity contribution in [1.29, 1.82) is 0 Å². The number of likely N-dealkylation sites (tertiary alicyclic amines) is 1. The van der Waals surface area contributed by atoms with Crippen LogP contribution in [0.15, 0.2) is 18.3 Å². The van der Waals surface area contributed by atoms with Gasteiger partial charge in [-0.25, -0.2) is 9.78 Å². The maximum atomic E-state index is 12.7. The number of piperidine rings is 1. The van der Waals surface area contributed by atoms with Crippen LogP contribution in [-0.2, 0) is 9.53 Å². The van der Waals surface area contributed by atoms with Crippen molar-refractivity contribution in [3.63, 3.8) is 0 Å². The summed E-state index contributed by atoms with van der Waals surface area (Å²) in [6, 6.07) is 3.54. The van der Waals surface area contributed by atoms with Crippen molar-refractivity contribution in [2.75, 3.05) is 49.6 Å². The largest absolute Gasteiger partial charge is 0.378 e. The van der Waals surface area contributed by atoms with Gasteiger partial charge in [0, 0.05) is 45.3 Å². The van der Waals surface area contributed by atoms with E-state index in [0.717, 1.165) is 31.7 Å². The summed E-state index contributed by atoms with van der Waals surface area (Å²) in [7, 11) is 0. The fourth-order valence-electron chi connectivity index (χ4n) is 3.28. The molecule has 1 atom stereocenters. The number of amides is 3. The summed E-state index contributed by atoms with van der Waals surface area (Å²) in [6.07, 6.45) is 3.51. The van der Waals surface area contributed by atoms with E-state index >= 15 is 0 Å². The highest BCUT2D eigenvalue weighted by molar-refractivity contribution is 5.92. The monoisotopic (exact) mass is 347 g/mol. The molecule has 0 aromatic carbocycles. The molecular weight excluding hydrogens is 322 g/mol. The lowest BCUT2D eigenvalue weighted by Gasteiger charge is -2.34. The Kier molecular flexibility index (Phi) is 5.70. The van der Waals surface area contributed by atoms with Crippen LogP contribution >= 0.6 is 0 Å². The van der Waals surface area contributed by atoms with Gasteiger partial charge in [-0.15, -0.1) is 0 Å².